The van der Waals surface area contributed by atoms with Crippen LogP contribution in [0.25, 0.3) is 11.0 Å². The van der Waals surface area contributed by atoms with Crippen molar-refractivity contribution in [1.29, 1.82) is 0 Å². The number of amides is 1. The second-order valence-electron chi connectivity index (χ2n) is 12.6. The predicted molar refractivity (Wildman–Crippen MR) is 165 cm³/mol. The molecule has 1 aromatic heterocycles. The molecule has 41 heavy (non-hydrogen) atoms. The minimum Gasteiger partial charge on any atom is -0.399 e. The van der Waals surface area contributed by atoms with Gasteiger partial charge < -0.3 is 15.2 Å². The molecule has 7 rings (SSSR count). The first-order valence-electron chi connectivity index (χ1n) is 15.4. The fraction of sp³-hybridized carbons (Fsp3) is 0.429. The largest absolute Gasteiger partial charge is 0.399 e. The van der Waals surface area contributed by atoms with E-state index in [0.29, 0.717) is 29.4 Å². The smallest absolute Gasteiger partial charge is 0.253 e. The fourth-order valence-electron chi connectivity index (χ4n) is 8.26. The summed E-state index contributed by atoms with van der Waals surface area (Å²) in [5.41, 5.74) is 11.2. The molecule has 2 N–H and O–H groups in total. The highest BCUT2D eigenvalue weighted by molar-refractivity contribution is 5.95. The summed E-state index contributed by atoms with van der Waals surface area (Å²) in [4.78, 5) is 23.0. The van der Waals surface area contributed by atoms with E-state index in [1.165, 1.54) is 36.8 Å². The summed E-state index contributed by atoms with van der Waals surface area (Å²) in [6, 6.07) is 28.9. The number of rotatable bonds is 6. The summed E-state index contributed by atoms with van der Waals surface area (Å²) in [6.07, 6.45) is 8.15. The van der Waals surface area contributed by atoms with E-state index in [9.17, 15) is 4.79 Å². The van der Waals surface area contributed by atoms with Gasteiger partial charge in [-0.1, -0.05) is 48.5 Å². The lowest BCUT2D eigenvalue weighted by Crippen LogP contribution is -2.49. The van der Waals surface area contributed by atoms with Gasteiger partial charge in [0, 0.05) is 42.5 Å². The number of carbonyl (C=O) groups excluding carboxylic acids is 1. The van der Waals surface area contributed by atoms with Gasteiger partial charge in [0.15, 0.2) is 0 Å². The van der Waals surface area contributed by atoms with Crippen molar-refractivity contribution in [3.8, 4) is 0 Å². The minimum atomic E-state index is 0.0984. The molecule has 0 spiro atoms. The van der Waals surface area contributed by atoms with E-state index in [2.05, 4.69) is 71.0 Å². The van der Waals surface area contributed by atoms with Crippen LogP contribution in [0.1, 0.15) is 72.7 Å². The fourth-order valence-corrected chi connectivity index (χ4v) is 8.26. The third-order valence-electron chi connectivity index (χ3n) is 10.4. The number of likely N-dealkylation sites (tertiary alicyclic amines) is 1. The van der Waals surface area contributed by atoms with Crippen LogP contribution in [-0.4, -0.2) is 57.0 Å². The molecule has 212 valence electrons. The molecule has 3 aromatic carbocycles. The topological polar surface area (TPSA) is 67.4 Å². The molecule has 2 bridgehead atoms. The van der Waals surface area contributed by atoms with Gasteiger partial charge >= 0.3 is 0 Å². The molecular weight excluding hydrogens is 506 g/mol. The van der Waals surface area contributed by atoms with Crippen LogP contribution in [0.5, 0.6) is 0 Å². The van der Waals surface area contributed by atoms with Crippen LogP contribution in [-0.2, 0) is 5.41 Å². The molecule has 6 nitrogen and oxygen atoms in total. The first-order chi connectivity index (χ1) is 20.0. The Morgan fingerprint density at radius 1 is 0.902 bits per heavy atom. The van der Waals surface area contributed by atoms with Crippen molar-refractivity contribution in [3.63, 3.8) is 0 Å². The van der Waals surface area contributed by atoms with Gasteiger partial charge in [-0.3, -0.25) is 9.69 Å². The van der Waals surface area contributed by atoms with E-state index in [4.69, 9.17) is 10.7 Å². The zero-order valence-electron chi connectivity index (χ0n) is 24.1. The summed E-state index contributed by atoms with van der Waals surface area (Å²) in [6.45, 7) is 4.86. The number of fused-ring (bicyclic) bond motifs is 3. The molecule has 6 heteroatoms. The monoisotopic (exact) mass is 547 g/mol. The van der Waals surface area contributed by atoms with E-state index < -0.39 is 0 Å². The minimum absolute atomic E-state index is 0.0984. The van der Waals surface area contributed by atoms with E-state index >= 15 is 0 Å². The number of imidazole rings is 1. The van der Waals surface area contributed by atoms with E-state index in [0.717, 1.165) is 50.2 Å². The number of nitrogen functional groups attached to an aromatic ring is 1. The molecule has 4 heterocycles. The number of carbonyl (C=O) groups is 1. The molecule has 1 amide bonds. The second-order valence-corrected chi connectivity index (χ2v) is 12.6. The summed E-state index contributed by atoms with van der Waals surface area (Å²) < 4.78 is 2.52. The van der Waals surface area contributed by atoms with Gasteiger partial charge in [-0.05, 0) is 99.7 Å². The number of piperidine rings is 2. The van der Waals surface area contributed by atoms with Crippen LogP contribution < -0.4 is 5.73 Å². The zero-order valence-corrected chi connectivity index (χ0v) is 24.1. The van der Waals surface area contributed by atoms with E-state index in [1.807, 2.05) is 23.1 Å². The number of hydrogen-bond donors (Lipinski definition) is 1. The summed E-state index contributed by atoms with van der Waals surface area (Å²) in [7, 11) is 0. The highest BCUT2D eigenvalue weighted by Gasteiger charge is 2.44. The van der Waals surface area contributed by atoms with Gasteiger partial charge in [-0.15, -0.1) is 0 Å². The maximum absolute atomic E-state index is 13.3. The van der Waals surface area contributed by atoms with Gasteiger partial charge in [0.2, 0.25) is 0 Å². The van der Waals surface area contributed by atoms with Gasteiger partial charge in [0.25, 0.3) is 5.91 Å². The molecule has 1 unspecified atom stereocenters. The second kappa shape index (κ2) is 10.6. The Hall–Kier alpha value is -3.64. The maximum Gasteiger partial charge on any atom is 0.253 e. The molecule has 4 aromatic rings. The van der Waals surface area contributed by atoms with Gasteiger partial charge in [0.1, 0.15) is 5.82 Å². The third kappa shape index (κ3) is 4.82. The Morgan fingerprint density at radius 3 is 2.34 bits per heavy atom. The molecule has 0 saturated carbocycles. The number of para-hydroxylation sites is 2. The number of nitrogens with zero attached hydrogens (tertiary/aromatic N) is 4. The standard InChI is InChI=1S/C35H41N5O/c1-25-37-32-12-5-6-13-33(32)40(25)31-23-29-14-15-30(24-31)39(29)21-18-35(27-9-3-2-4-10-27)16-19-38(20-17-35)34(41)26-8-7-11-28(36)22-26/h2-13,22,29-31H,14-21,23-24,36H2,1H3/t29-,30+,31?. The molecule has 0 radical (unpaired) electrons. The van der Waals surface area contributed by atoms with Crippen molar-refractivity contribution in [2.24, 2.45) is 0 Å². The SMILES string of the molecule is Cc1nc2ccccc2n1C1C[C@H]2CC[C@@H](C1)N2CCC1(c2ccccc2)CCN(C(=O)c2cccc(N)c2)CC1. The first kappa shape index (κ1) is 26.3. The third-order valence-corrected chi connectivity index (χ3v) is 10.4. The van der Waals surface area contributed by atoms with Crippen LogP contribution >= 0.6 is 0 Å². The van der Waals surface area contributed by atoms with Crippen LogP contribution in [0, 0.1) is 6.92 Å². The van der Waals surface area contributed by atoms with Crippen LogP contribution in [0.3, 0.4) is 0 Å². The Morgan fingerprint density at radius 2 is 1.61 bits per heavy atom. The van der Waals surface area contributed by atoms with Crippen molar-refractivity contribution in [2.45, 2.75) is 75.4 Å². The average Bonchev–Trinajstić information content (AvgIpc) is 3.46. The molecule has 3 aliphatic rings. The van der Waals surface area contributed by atoms with Crippen molar-refractivity contribution in [2.75, 3.05) is 25.4 Å². The van der Waals surface area contributed by atoms with Crippen LogP contribution in [0.15, 0.2) is 78.9 Å². The molecule has 3 saturated heterocycles. The Balaban J connectivity index is 1.06. The molecule has 0 aliphatic carbocycles. The highest BCUT2D eigenvalue weighted by atomic mass is 16.2. The van der Waals surface area contributed by atoms with Gasteiger partial charge in [-0.25, -0.2) is 4.98 Å². The summed E-state index contributed by atoms with van der Waals surface area (Å²) in [5, 5.41) is 0. The lowest BCUT2D eigenvalue weighted by Gasteiger charge is -2.45. The Kier molecular flexibility index (Phi) is 6.82. The Labute approximate surface area is 243 Å². The molecule has 3 atom stereocenters. The predicted octanol–water partition coefficient (Wildman–Crippen LogP) is 6.36. The van der Waals surface area contributed by atoms with E-state index in [-0.39, 0.29) is 11.3 Å². The van der Waals surface area contributed by atoms with Crippen LogP contribution in [0.4, 0.5) is 5.69 Å². The number of benzene rings is 3. The number of nitrogens with two attached hydrogens (primary N) is 1. The highest BCUT2D eigenvalue weighted by Crippen LogP contribution is 2.45. The number of aryl methyl sites for hydroxylation is 1. The summed E-state index contributed by atoms with van der Waals surface area (Å²) in [5.74, 6) is 1.24. The average molecular weight is 548 g/mol. The van der Waals surface area contributed by atoms with Crippen molar-refractivity contribution in [1.82, 2.24) is 19.4 Å². The number of hydrogen-bond acceptors (Lipinski definition) is 4. The summed E-state index contributed by atoms with van der Waals surface area (Å²) >= 11 is 0. The molecular formula is C35H41N5O. The normalized spacial score (nSPS) is 24.1. The quantitative estimate of drug-likeness (QED) is 0.285. The number of aromatic nitrogens is 2. The Bertz CT molecular complexity index is 1520. The molecule has 3 fully saturated rings. The number of anilines is 1. The van der Waals surface area contributed by atoms with E-state index in [1.54, 1.807) is 6.07 Å². The van der Waals surface area contributed by atoms with Gasteiger partial charge in [0.05, 0.1) is 11.0 Å². The molecule has 3 aliphatic heterocycles. The first-order valence-corrected chi connectivity index (χ1v) is 15.4. The maximum atomic E-state index is 13.3. The lowest BCUT2D eigenvalue weighted by molar-refractivity contribution is 0.0607. The van der Waals surface area contributed by atoms with Crippen molar-refractivity contribution < 1.29 is 4.79 Å². The zero-order chi connectivity index (χ0) is 28.0. The van der Waals surface area contributed by atoms with Gasteiger partial charge in [-0.2, -0.15) is 0 Å². The van der Waals surface area contributed by atoms with Crippen LogP contribution in [0.2, 0.25) is 0 Å². The van der Waals surface area contributed by atoms with Crippen molar-refractivity contribution in [3.05, 3.63) is 95.8 Å². The van der Waals surface area contributed by atoms with Crippen molar-refractivity contribution >= 4 is 22.6 Å². The lowest BCUT2D eigenvalue weighted by atomic mass is 9.70.